The van der Waals surface area contributed by atoms with E-state index < -0.39 is 17.8 Å². The molecule has 1 aliphatic heterocycles. The molecule has 1 unspecified atom stereocenters. The van der Waals surface area contributed by atoms with Crippen LogP contribution in [0.5, 0.6) is 0 Å². The molecule has 0 radical (unpaired) electrons. The predicted molar refractivity (Wildman–Crippen MR) is 126 cm³/mol. The van der Waals surface area contributed by atoms with Gasteiger partial charge in [0, 0.05) is 31.7 Å². The topological polar surface area (TPSA) is 35.6 Å². The van der Waals surface area contributed by atoms with Gasteiger partial charge in [-0.25, -0.2) is 4.79 Å². The fraction of sp³-hybridized carbons (Fsp3) is 0.480. The Labute approximate surface area is 198 Å². The van der Waals surface area contributed by atoms with Crippen molar-refractivity contribution in [3.63, 3.8) is 0 Å². The van der Waals surface area contributed by atoms with Gasteiger partial charge in [-0.05, 0) is 49.9 Å². The summed E-state index contributed by atoms with van der Waals surface area (Å²) in [5, 5.41) is 2.70. The van der Waals surface area contributed by atoms with E-state index in [1.807, 2.05) is 30.3 Å². The number of carbonyl (C=O) groups excluding carboxylic acids is 1. The van der Waals surface area contributed by atoms with Crippen molar-refractivity contribution in [3.05, 3.63) is 64.7 Å². The Kier molecular flexibility index (Phi) is 8.65. The molecule has 33 heavy (non-hydrogen) atoms. The highest BCUT2D eigenvalue weighted by Gasteiger charge is 2.32. The zero-order valence-corrected chi connectivity index (χ0v) is 19.8. The van der Waals surface area contributed by atoms with E-state index in [-0.39, 0.29) is 16.8 Å². The van der Waals surface area contributed by atoms with Crippen LogP contribution in [0.25, 0.3) is 0 Å². The minimum Gasteiger partial charge on any atom is -0.317 e. The number of hydrogen-bond donors (Lipinski definition) is 1. The number of carbonyl (C=O) groups is 1. The van der Waals surface area contributed by atoms with Crippen molar-refractivity contribution in [1.29, 1.82) is 0 Å². The number of alkyl halides is 3. The predicted octanol–water partition coefficient (Wildman–Crippen LogP) is 7.05. The van der Waals surface area contributed by atoms with Crippen molar-refractivity contribution >= 4 is 23.3 Å². The average molecular weight is 482 g/mol. The lowest BCUT2D eigenvalue weighted by molar-refractivity contribution is -0.137. The van der Waals surface area contributed by atoms with Crippen molar-refractivity contribution in [2.75, 3.05) is 18.4 Å². The van der Waals surface area contributed by atoms with Crippen LogP contribution in [0.4, 0.5) is 23.7 Å². The van der Waals surface area contributed by atoms with Crippen LogP contribution < -0.4 is 5.32 Å². The highest BCUT2D eigenvalue weighted by Crippen LogP contribution is 2.34. The number of benzene rings is 2. The van der Waals surface area contributed by atoms with Crippen LogP contribution in [0.1, 0.15) is 50.7 Å². The van der Waals surface area contributed by atoms with Crippen molar-refractivity contribution in [3.8, 4) is 0 Å². The summed E-state index contributed by atoms with van der Waals surface area (Å²) in [6, 6.07) is 12.6. The standard InChI is InChI=1S/C25H31ClF3N3O/c1-3-7-18(2)31-14-12-21(13-15-31)32(17-19-8-5-4-6-9-19)24(33)30-23-16-20(25(27,28)29)10-11-22(23)26/h4-6,8-11,16,18,21H,3,7,12-15,17H2,1-2H3,(H,30,33). The molecular formula is C25H31ClF3N3O. The maximum Gasteiger partial charge on any atom is 0.416 e. The summed E-state index contributed by atoms with van der Waals surface area (Å²) in [5.74, 6) is 0. The van der Waals surface area contributed by atoms with Gasteiger partial charge in [0.25, 0.3) is 0 Å². The number of rotatable bonds is 7. The fourth-order valence-corrected chi connectivity index (χ4v) is 4.53. The van der Waals surface area contributed by atoms with Gasteiger partial charge in [0.1, 0.15) is 0 Å². The number of nitrogens with one attached hydrogen (secondary N) is 1. The lowest BCUT2D eigenvalue weighted by Gasteiger charge is -2.40. The summed E-state index contributed by atoms with van der Waals surface area (Å²) < 4.78 is 39.5. The van der Waals surface area contributed by atoms with Gasteiger partial charge in [-0.1, -0.05) is 55.3 Å². The summed E-state index contributed by atoms with van der Waals surface area (Å²) >= 11 is 6.12. The van der Waals surface area contributed by atoms with E-state index in [1.54, 1.807) is 4.90 Å². The first-order chi connectivity index (χ1) is 15.7. The van der Waals surface area contributed by atoms with E-state index in [1.165, 1.54) is 0 Å². The maximum atomic E-state index is 13.3. The number of likely N-dealkylation sites (tertiary alicyclic amines) is 1. The minimum atomic E-state index is -4.52. The van der Waals surface area contributed by atoms with Crippen LogP contribution in [0.2, 0.25) is 5.02 Å². The summed E-state index contributed by atoms with van der Waals surface area (Å²) in [4.78, 5) is 17.5. The zero-order chi connectivity index (χ0) is 24.0. The van der Waals surface area contributed by atoms with Crippen molar-refractivity contribution < 1.29 is 18.0 Å². The van der Waals surface area contributed by atoms with E-state index in [4.69, 9.17) is 11.6 Å². The Morgan fingerprint density at radius 1 is 1.18 bits per heavy atom. The third-order valence-electron chi connectivity index (χ3n) is 6.26. The number of hydrogen-bond acceptors (Lipinski definition) is 2. The molecule has 2 amide bonds. The van der Waals surface area contributed by atoms with E-state index in [2.05, 4.69) is 24.1 Å². The van der Waals surface area contributed by atoms with Gasteiger partial charge in [0.05, 0.1) is 16.3 Å². The fourth-order valence-electron chi connectivity index (χ4n) is 4.37. The van der Waals surface area contributed by atoms with Gasteiger partial charge in [0.2, 0.25) is 0 Å². The molecule has 3 rings (SSSR count). The average Bonchev–Trinajstić information content (AvgIpc) is 2.79. The largest absolute Gasteiger partial charge is 0.416 e. The lowest BCUT2D eigenvalue weighted by atomic mass is 10.00. The molecule has 0 bridgehead atoms. The SMILES string of the molecule is CCCC(C)N1CCC(N(Cc2ccccc2)C(=O)Nc2cc(C(F)(F)F)ccc2Cl)CC1. The molecule has 8 heteroatoms. The first-order valence-electron chi connectivity index (χ1n) is 11.4. The highest BCUT2D eigenvalue weighted by molar-refractivity contribution is 6.33. The maximum absolute atomic E-state index is 13.3. The van der Waals surface area contributed by atoms with Gasteiger partial charge in [-0.3, -0.25) is 0 Å². The van der Waals surface area contributed by atoms with Gasteiger partial charge < -0.3 is 15.1 Å². The van der Waals surface area contributed by atoms with Crippen LogP contribution in [-0.2, 0) is 12.7 Å². The first-order valence-corrected chi connectivity index (χ1v) is 11.8. The second-order valence-electron chi connectivity index (χ2n) is 8.64. The Bertz CT molecular complexity index is 915. The van der Waals surface area contributed by atoms with Crippen LogP contribution >= 0.6 is 11.6 Å². The molecule has 1 N–H and O–H groups in total. The molecule has 180 valence electrons. The van der Waals surface area contributed by atoms with Crippen LogP contribution in [0, 0.1) is 0 Å². The number of urea groups is 1. The van der Waals surface area contributed by atoms with Gasteiger partial charge in [-0.2, -0.15) is 13.2 Å². The number of halogens is 4. The third-order valence-corrected chi connectivity index (χ3v) is 6.59. The number of anilines is 1. The molecule has 0 aromatic heterocycles. The smallest absolute Gasteiger partial charge is 0.317 e. The van der Waals surface area contributed by atoms with E-state index in [0.29, 0.717) is 12.6 Å². The van der Waals surface area contributed by atoms with Crippen LogP contribution in [-0.4, -0.2) is 41.0 Å². The first kappa shape index (κ1) is 25.4. The Morgan fingerprint density at radius 3 is 2.45 bits per heavy atom. The summed E-state index contributed by atoms with van der Waals surface area (Å²) in [6.07, 6.45) is -0.640. The van der Waals surface area contributed by atoms with Gasteiger partial charge in [-0.15, -0.1) is 0 Å². The van der Waals surface area contributed by atoms with E-state index in [0.717, 1.165) is 62.5 Å². The molecule has 0 aliphatic carbocycles. The van der Waals surface area contributed by atoms with Crippen molar-refractivity contribution in [1.82, 2.24) is 9.80 Å². The second-order valence-corrected chi connectivity index (χ2v) is 9.05. The van der Waals surface area contributed by atoms with E-state index in [9.17, 15) is 18.0 Å². The van der Waals surface area contributed by atoms with Gasteiger partial charge >= 0.3 is 12.2 Å². The molecule has 1 saturated heterocycles. The van der Waals surface area contributed by atoms with Gasteiger partial charge in [0.15, 0.2) is 0 Å². The quantitative estimate of drug-likeness (QED) is 0.460. The molecule has 1 atom stereocenters. The molecule has 0 saturated carbocycles. The van der Waals surface area contributed by atoms with E-state index >= 15 is 0 Å². The molecule has 1 heterocycles. The Morgan fingerprint density at radius 2 is 1.85 bits per heavy atom. The Balaban J connectivity index is 1.78. The molecule has 2 aromatic carbocycles. The highest BCUT2D eigenvalue weighted by atomic mass is 35.5. The molecule has 4 nitrogen and oxygen atoms in total. The lowest BCUT2D eigenvalue weighted by Crippen LogP contribution is -2.50. The normalized spacial score (nSPS) is 16.4. The second kappa shape index (κ2) is 11.3. The zero-order valence-electron chi connectivity index (χ0n) is 19.0. The Hall–Kier alpha value is -2.25. The van der Waals surface area contributed by atoms with Crippen LogP contribution in [0.15, 0.2) is 48.5 Å². The number of amides is 2. The minimum absolute atomic E-state index is 0.0140. The van der Waals surface area contributed by atoms with Crippen molar-refractivity contribution in [2.45, 2.75) is 64.3 Å². The molecule has 0 spiro atoms. The van der Waals surface area contributed by atoms with Crippen molar-refractivity contribution in [2.24, 2.45) is 0 Å². The monoisotopic (exact) mass is 481 g/mol. The summed E-state index contributed by atoms with van der Waals surface area (Å²) in [7, 11) is 0. The number of nitrogens with zero attached hydrogens (tertiary/aromatic N) is 2. The molecule has 1 fully saturated rings. The summed E-state index contributed by atoms with van der Waals surface area (Å²) in [6.45, 7) is 6.55. The third kappa shape index (κ3) is 6.87. The molecular weight excluding hydrogens is 451 g/mol. The number of piperidine rings is 1. The molecule has 2 aromatic rings. The molecule has 1 aliphatic rings. The van der Waals surface area contributed by atoms with Crippen LogP contribution in [0.3, 0.4) is 0 Å². The summed E-state index contributed by atoms with van der Waals surface area (Å²) in [5.41, 5.74) is 0.0724.